The van der Waals surface area contributed by atoms with E-state index in [1.54, 1.807) is 75.4 Å². The highest BCUT2D eigenvalue weighted by molar-refractivity contribution is 5.97. The first-order chi connectivity index (χ1) is 23.2. The smallest absolute Gasteiger partial charge is 0.408 e. The van der Waals surface area contributed by atoms with Crippen LogP contribution in [0.15, 0.2) is 73.3 Å². The van der Waals surface area contributed by atoms with E-state index in [4.69, 9.17) is 14.2 Å². The molecule has 1 saturated heterocycles. The highest BCUT2D eigenvalue weighted by Crippen LogP contribution is 2.22. The molecule has 0 aromatic heterocycles. The highest BCUT2D eigenvalue weighted by atomic mass is 16.6. The summed E-state index contributed by atoms with van der Waals surface area (Å²) in [5, 5.41) is 28.8. The third-order valence-electron chi connectivity index (χ3n) is 7.42. The predicted octanol–water partition coefficient (Wildman–Crippen LogP) is 1.34. The van der Waals surface area contributed by atoms with Gasteiger partial charge in [0, 0.05) is 19.5 Å². The number of carbonyl (C=O) groups is 5. The lowest BCUT2D eigenvalue weighted by atomic mass is 10.1. The molecular formula is C35H46N4O10. The third kappa shape index (κ3) is 12.0. The summed E-state index contributed by atoms with van der Waals surface area (Å²) < 4.78 is 16.4. The normalized spacial score (nSPS) is 18.3. The Balaban J connectivity index is 1.90. The van der Waals surface area contributed by atoms with Gasteiger partial charge < -0.3 is 45.3 Å². The number of hydrogen-bond donors (Lipinski definition) is 5. The van der Waals surface area contributed by atoms with E-state index in [0.29, 0.717) is 5.56 Å². The number of ether oxygens (including phenoxy) is 3. The number of amides is 4. The zero-order valence-corrected chi connectivity index (χ0v) is 28.2. The van der Waals surface area contributed by atoms with Crippen LogP contribution >= 0.6 is 0 Å². The number of rotatable bonds is 15. The first-order valence-corrected chi connectivity index (χ1v) is 15.9. The van der Waals surface area contributed by atoms with Crippen LogP contribution in [0.4, 0.5) is 4.79 Å². The molecule has 1 aliphatic heterocycles. The lowest BCUT2D eigenvalue weighted by Gasteiger charge is -2.32. The number of aliphatic hydroxyl groups excluding tert-OH is 2. The molecule has 14 nitrogen and oxygen atoms in total. The van der Waals surface area contributed by atoms with Gasteiger partial charge in [-0.3, -0.25) is 14.4 Å². The van der Waals surface area contributed by atoms with Gasteiger partial charge in [0.2, 0.25) is 11.8 Å². The van der Waals surface area contributed by atoms with E-state index >= 15 is 0 Å². The van der Waals surface area contributed by atoms with Crippen LogP contribution in [0, 0.1) is 0 Å². The number of benzene rings is 2. The van der Waals surface area contributed by atoms with Gasteiger partial charge in [-0.1, -0.05) is 73.3 Å². The van der Waals surface area contributed by atoms with Crippen LogP contribution in [0.1, 0.15) is 45.2 Å². The lowest BCUT2D eigenvalue weighted by molar-refractivity contribution is -0.155. The number of esters is 1. The first-order valence-electron chi connectivity index (χ1n) is 15.9. The van der Waals surface area contributed by atoms with Crippen molar-refractivity contribution in [2.24, 2.45) is 0 Å². The molecule has 14 heteroatoms. The second-order valence-corrected chi connectivity index (χ2v) is 12.6. The number of likely N-dealkylation sites (tertiary alicyclic amines) is 1. The molecule has 0 bridgehead atoms. The van der Waals surface area contributed by atoms with Gasteiger partial charge in [0.05, 0.1) is 18.8 Å². The first kappa shape index (κ1) is 38.7. The minimum absolute atomic E-state index is 0.0175. The minimum atomic E-state index is -2.12. The van der Waals surface area contributed by atoms with Crippen LogP contribution in [-0.2, 0) is 46.5 Å². The van der Waals surface area contributed by atoms with Gasteiger partial charge in [-0.2, -0.15) is 0 Å². The SMILES string of the molecule is C=CCOC(=O)[C@@H]1C[C@@H](O)CN1C(=O)[C@@H](NC(=O)[C@@H](NC(=O)OC(C)(C)C)[C@@H](O)C(=O)NCc1ccccc1)[C@@H](C)OCc1ccccc1. The van der Waals surface area contributed by atoms with Crippen molar-refractivity contribution in [2.45, 2.75) is 89.3 Å². The Bertz CT molecular complexity index is 1430. The number of β-amino-alcohol motifs (C(OH)–C–C–N with tert-alkyl or cyclic N) is 1. The summed E-state index contributed by atoms with van der Waals surface area (Å²) in [6, 6.07) is 13.2. The number of nitrogens with one attached hydrogen (secondary N) is 3. The quantitative estimate of drug-likeness (QED) is 0.135. The second-order valence-electron chi connectivity index (χ2n) is 12.6. The van der Waals surface area contributed by atoms with E-state index in [0.717, 1.165) is 10.5 Å². The third-order valence-corrected chi connectivity index (χ3v) is 7.42. The summed E-state index contributed by atoms with van der Waals surface area (Å²) in [5.41, 5.74) is 0.493. The molecule has 0 unspecified atom stereocenters. The van der Waals surface area contributed by atoms with E-state index in [1.807, 2.05) is 6.07 Å². The standard InChI is InChI=1S/C35H46N4O10/c1-6-17-47-33(45)26-18-25(40)20-39(26)32(44)27(22(2)48-21-24-15-11-8-12-16-24)37-30(42)28(38-34(46)49-35(3,4)5)29(41)31(43)36-19-23-13-9-7-10-14-23/h6-16,22,25-29,40-41H,1,17-21H2,2-5H3,(H,36,43)(H,37,42)(H,38,46)/t22-,25-,26+,27+,28+,29-/m1/s1. The molecule has 0 aliphatic carbocycles. The van der Waals surface area contributed by atoms with Gasteiger partial charge in [0.25, 0.3) is 5.91 Å². The molecule has 5 N–H and O–H groups in total. The number of alkyl carbamates (subject to hydrolysis) is 1. The van der Waals surface area contributed by atoms with Crippen molar-refractivity contribution in [3.8, 4) is 0 Å². The zero-order chi connectivity index (χ0) is 36.1. The van der Waals surface area contributed by atoms with Gasteiger partial charge in [0.1, 0.15) is 30.3 Å². The summed E-state index contributed by atoms with van der Waals surface area (Å²) in [6.07, 6.45) is -4.08. The summed E-state index contributed by atoms with van der Waals surface area (Å²) in [4.78, 5) is 67.8. The molecule has 0 saturated carbocycles. The van der Waals surface area contributed by atoms with E-state index in [2.05, 4.69) is 22.5 Å². The molecule has 6 atom stereocenters. The lowest BCUT2D eigenvalue weighted by Crippen LogP contribution is -2.63. The molecule has 0 spiro atoms. The Morgan fingerprint density at radius 2 is 1.57 bits per heavy atom. The largest absolute Gasteiger partial charge is 0.460 e. The van der Waals surface area contributed by atoms with E-state index < -0.39 is 71.8 Å². The van der Waals surface area contributed by atoms with Crippen LogP contribution in [0.2, 0.25) is 0 Å². The molecule has 2 aromatic carbocycles. The van der Waals surface area contributed by atoms with Crippen molar-refractivity contribution >= 4 is 29.8 Å². The maximum Gasteiger partial charge on any atom is 0.408 e. The van der Waals surface area contributed by atoms with Crippen molar-refractivity contribution in [1.29, 1.82) is 0 Å². The highest BCUT2D eigenvalue weighted by Gasteiger charge is 2.45. The Kier molecular flexibility index (Phi) is 14.3. The monoisotopic (exact) mass is 682 g/mol. The molecule has 49 heavy (non-hydrogen) atoms. The van der Waals surface area contributed by atoms with Crippen LogP contribution in [0.5, 0.6) is 0 Å². The van der Waals surface area contributed by atoms with Gasteiger partial charge in [0.15, 0.2) is 6.10 Å². The Morgan fingerprint density at radius 3 is 2.16 bits per heavy atom. The number of nitrogens with zero attached hydrogens (tertiary/aromatic N) is 1. The van der Waals surface area contributed by atoms with Crippen molar-refractivity contribution in [3.05, 3.63) is 84.4 Å². The Morgan fingerprint density at radius 1 is 0.959 bits per heavy atom. The number of carbonyl (C=O) groups excluding carboxylic acids is 5. The number of aliphatic hydroxyl groups is 2. The molecule has 0 radical (unpaired) electrons. The van der Waals surface area contributed by atoms with E-state index in [1.165, 1.54) is 13.0 Å². The zero-order valence-electron chi connectivity index (χ0n) is 28.2. The van der Waals surface area contributed by atoms with Crippen LogP contribution < -0.4 is 16.0 Å². The van der Waals surface area contributed by atoms with Crippen LogP contribution in [0.25, 0.3) is 0 Å². The van der Waals surface area contributed by atoms with Crippen LogP contribution in [0.3, 0.4) is 0 Å². The molecule has 2 aromatic rings. The fourth-order valence-corrected chi connectivity index (χ4v) is 4.98. The molecular weight excluding hydrogens is 636 g/mol. The Labute approximate surface area is 285 Å². The maximum absolute atomic E-state index is 14.1. The molecule has 1 aliphatic rings. The maximum atomic E-state index is 14.1. The van der Waals surface area contributed by atoms with E-state index in [9.17, 15) is 34.2 Å². The molecule has 4 amide bonds. The molecule has 266 valence electrons. The summed E-state index contributed by atoms with van der Waals surface area (Å²) >= 11 is 0. The minimum Gasteiger partial charge on any atom is -0.460 e. The topological polar surface area (TPSA) is 193 Å². The van der Waals surface area contributed by atoms with Gasteiger partial charge >= 0.3 is 12.1 Å². The van der Waals surface area contributed by atoms with Crippen molar-refractivity contribution in [2.75, 3.05) is 13.2 Å². The van der Waals surface area contributed by atoms with Crippen molar-refractivity contribution in [1.82, 2.24) is 20.9 Å². The summed E-state index contributed by atoms with van der Waals surface area (Å²) in [7, 11) is 0. The van der Waals surface area contributed by atoms with Gasteiger partial charge in [-0.05, 0) is 38.8 Å². The van der Waals surface area contributed by atoms with Gasteiger partial charge in [-0.15, -0.1) is 0 Å². The average Bonchev–Trinajstić information content (AvgIpc) is 3.47. The molecule has 3 rings (SSSR count). The van der Waals surface area contributed by atoms with E-state index in [-0.39, 0.29) is 32.7 Å². The predicted molar refractivity (Wildman–Crippen MR) is 177 cm³/mol. The van der Waals surface area contributed by atoms with Gasteiger partial charge in [-0.25, -0.2) is 9.59 Å². The van der Waals surface area contributed by atoms with Crippen molar-refractivity contribution in [3.63, 3.8) is 0 Å². The second kappa shape index (κ2) is 18.1. The fraction of sp³-hybridized carbons (Fsp3) is 0.457. The van der Waals surface area contributed by atoms with Crippen molar-refractivity contribution < 1.29 is 48.4 Å². The fourth-order valence-electron chi connectivity index (χ4n) is 4.98. The number of hydrogen-bond acceptors (Lipinski definition) is 10. The molecule has 1 fully saturated rings. The molecule has 1 heterocycles. The average molecular weight is 683 g/mol. The van der Waals surface area contributed by atoms with Crippen LogP contribution in [-0.4, -0.2) is 100 Å². The summed E-state index contributed by atoms with van der Waals surface area (Å²) in [6.45, 7) is 9.49. The Hall–Kier alpha value is -4.79. The summed E-state index contributed by atoms with van der Waals surface area (Å²) in [5.74, 6) is -3.68.